The summed E-state index contributed by atoms with van der Waals surface area (Å²) >= 11 is 0. The molecular weight excluding hydrogens is 222 g/mol. The van der Waals surface area contributed by atoms with Crippen LogP contribution in [0, 0.1) is 0 Å². The van der Waals surface area contributed by atoms with Crippen LogP contribution in [0.4, 0.5) is 0 Å². The lowest BCUT2D eigenvalue weighted by atomic mass is 10.3. The molecule has 0 aliphatic carbocycles. The monoisotopic (exact) mass is 243 g/mol. The van der Waals surface area contributed by atoms with Crippen molar-refractivity contribution < 1.29 is 4.21 Å². The van der Waals surface area contributed by atoms with E-state index in [1.807, 2.05) is 12.5 Å². The van der Waals surface area contributed by atoms with E-state index >= 15 is 0 Å². The molecule has 1 rings (SSSR count). The van der Waals surface area contributed by atoms with E-state index in [2.05, 4.69) is 35.6 Å². The van der Waals surface area contributed by atoms with Gasteiger partial charge in [-0.05, 0) is 20.8 Å². The zero-order chi connectivity index (χ0) is 12.1. The third-order valence-corrected chi connectivity index (χ3v) is 3.39. The Hall–Kier alpha value is -0.680. The van der Waals surface area contributed by atoms with Gasteiger partial charge >= 0.3 is 0 Å². The Balaban J connectivity index is 2.48. The fraction of sp³-hybridized carbons (Fsp3) is 0.727. The van der Waals surface area contributed by atoms with Crippen LogP contribution in [0.25, 0.3) is 0 Å². The van der Waals surface area contributed by atoms with Crippen molar-refractivity contribution in [3.63, 3.8) is 0 Å². The Morgan fingerprint density at radius 3 is 2.75 bits per heavy atom. The molecule has 0 saturated carbocycles. The highest BCUT2D eigenvalue weighted by molar-refractivity contribution is 7.84. The molecule has 0 aromatic carbocycles. The third kappa shape index (κ3) is 4.06. The molecule has 1 aromatic rings. The van der Waals surface area contributed by atoms with Gasteiger partial charge in [0.1, 0.15) is 0 Å². The van der Waals surface area contributed by atoms with Crippen LogP contribution in [0.5, 0.6) is 0 Å². The van der Waals surface area contributed by atoms with Crippen LogP contribution in [0.15, 0.2) is 12.5 Å². The van der Waals surface area contributed by atoms with Crippen molar-refractivity contribution in [1.29, 1.82) is 0 Å². The largest absolute Gasteiger partial charge is 0.331 e. The van der Waals surface area contributed by atoms with Crippen LogP contribution in [0.1, 0.15) is 32.5 Å². The Morgan fingerprint density at radius 1 is 1.50 bits per heavy atom. The van der Waals surface area contributed by atoms with Gasteiger partial charge in [-0.2, -0.15) is 0 Å². The second kappa shape index (κ2) is 6.15. The topological polar surface area (TPSA) is 46.9 Å². The van der Waals surface area contributed by atoms with Gasteiger partial charge in [-0.1, -0.05) is 0 Å². The normalized spacial score (nSPS) is 15.3. The molecule has 1 heterocycles. The van der Waals surface area contributed by atoms with E-state index in [1.54, 1.807) is 6.26 Å². The molecule has 0 saturated heterocycles. The van der Waals surface area contributed by atoms with Gasteiger partial charge in [0.2, 0.25) is 0 Å². The van der Waals surface area contributed by atoms with E-state index in [1.165, 1.54) is 5.69 Å². The van der Waals surface area contributed by atoms with Gasteiger partial charge in [0.05, 0.1) is 12.0 Å². The predicted molar refractivity (Wildman–Crippen MR) is 67.8 cm³/mol. The van der Waals surface area contributed by atoms with Crippen LogP contribution in [-0.2, 0) is 17.3 Å². The maximum Gasteiger partial charge on any atom is 0.0951 e. The summed E-state index contributed by atoms with van der Waals surface area (Å²) in [5.41, 5.74) is 1.17. The minimum Gasteiger partial charge on any atom is -0.331 e. The minimum atomic E-state index is -0.743. The van der Waals surface area contributed by atoms with Gasteiger partial charge < -0.3 is 9.88 Å². The van der Waals surface area contributed by atoms with Gasteiger partial charge in [0.15, 0.2) is 0 Å². The quantitative estimate of drug-likeness (QED) is 0.819. The first-order valence-electron chi connectivity index (χ1n) is 5.54. The number of aromatic nitrogens is 2. The molecule has 16 heavy (non-hydrogen) atoms. The van der Waals surface area contributed by atoms with E-state index in [0.717, 1.165) is 6.54 Å². The lowest BCUT2D eigenvalue weighted by molar-refractivity contribution is 0.526. The zero-order valence-electron chi connectivity index (χ0n) is 10.4. The molecule has 0 aliphatic rings. The van der Waals surface area contributed by atoms with Crippen LogP contribution < -0.4 is 5.32 Å². The summed E-state index contributed by atoms with van der Waals surface area (Å²) in [4.78, 5) is 4.15. The molecule has 0 fully saturated rings. The van der Waals surface area contributed by atoms with Crippen molar-refractivity contribution in [3.8, 4) is 0 Å². The highest BCUT2D eigenvalue weighted by Crippen LogP contribution is 2.08. The van der Waals surface area contributed by atoms with Crippen molar-refractivity contribution in [2.24, 2.45) is 0 Å². The van der Waals surface area contributed by atoms with E-state index in [4.69, 9.17) is 0 Å². The number of nitrogens with one attached hydrogen (secondary N) is 1. The summed E-state index contributed by atoms with van der Waals surface area (Å²) in [6, 6.07) is 0.691. The van der Waals surface area contributed by atoms with E-state index < -0.39 is 10.8 Å². The number of hydrogen-bond donors (Lipinski definition) is 1. The molecule has 1 N–H and O–H groups in total. The summed E-state index contributed by atoms with van der Waals surface area (Å²) in [6.07, 6.45) is 5.46. The number of rotatable bonds is 6. The van der Waals surface area contributed by atoms with Gasteiger partial charge in [0.25, 0.3) is 0 Å². The Morgan fingerprint density at radius 2 is 2.19 bits per heavy atom. The van der Waals surface area contributed by atoms with Crippen LogP contribution >= 0.6 is 0 Å². The Labute approximate surface area is 99.9 Å². The fourth-order valence-corrected chi connectivity index (χ4v) is 2.45. The van der Waals surface area contributed by atoms with E-state index in [-0.39, 0.29) is 6.04 Å². The van der Waals surface area contributed by atoms with Gasteiger partial charge in [-0.3, -0.25) is 4.21 Å². The van der Waals surface area contributed by atoms with Gasteiger partial charge in [0, 0.05) is 47.6 Å². The number of nitrogens with zero attached hydrogens (tertiary/aromatic N) is 2. The van der Waals surface area contributed by atoms with E-state index in [9.17, 15) is 4.21 Å². The van der Waals surface area contributed by atoms with Gasteiger partial charge in [-0.25, -0.2) is 4.98 Å². The SMILES string of the molecule is CC(CS(C)=O)NCc1cncn1C(C)C. The number of imidazole rings is 1. The first-order chi connectivity index (χ1) is 7.50. The molecular formula is C11H21N3OS. The van der Waals surface area contributed by atoms with Crippen molar-refractivity contribution in [1.82, 2.24) is 14.9 Å². The van der Waals surface area contributed by atoms with Crippen LogP contribution in [-0.4, -0.2) is 31.8 Å². The van der Waals surface area contributed by atoms with Crippen LogP contribution in [0.3, 0.4) is 0 Å². The minimum absolute atomic E-state index is 0.265. The lowest BCUT2D eigenvalue weighted by Gasteiger charge is -2.15. The summed E-state index contributed by atoms with van der Waals surface area (Å²) in [6.45, 7) is 7.10. The maximum absolute atomic E-state index is 11.0. The van der Waals surface area contributed by atoms with Crippen LogP contribution in [0.2, 0.25) is 0 Å². The average Bonchev–Trinajstić information content (AvgIpc) is 2.61. The van der Waals surface area contributed by atoms with Crippen molar-refractivity contribution in [2.45, 2.75) is 39.4 Å². The summed E-state index contributed by atoms with van der Waals surface area (Å²) in [5.74, 6) is 0.690. The molecule has 0 aliphatic heterocycles. The molecule has 5 heteroatoms. The summed E-state index contributed by atoms with van der Waals surface area (Å²) in [5, 5.41) is 3.36. The first-order valence-corrected chi connectivity index (χ1v) is 7.27. The summed E-state index contributed by atoms with van der Waals surface area (Å²) < 4.78 is 13.2. The molecule has 92 valence electrons. The number of hydrogen-bond acceptors (Lipinski definition) is 3. The predicted octanol–water partition coefficient (Wildman–Crippen LogP) is 1.32. The Kier molecular flexibility index (Phi) is 5.15. The second-order valence-corrected chi connectivity index (χ2v) is 5.89. The zero-order valence-corrected chi connectivity index (χ0v) is 11.3. The molecule has 0 spiro atoms. The molecule has 4 nitrogen and oxygen atoms in total. The second-order valence-electron chi connectivity index (χ2n) is 4.41. The molecule has 0 radical (unpaired) electrons. The summed E-state index contributed by atoms with van der Waals surface area (Å²) in [7, 11) is -0.743. The molecule has 0 amide bonds. The van der Waals surface area contributed by atoms with Gasteiger partial charge in [-0.15, -0.1) is 0 Å². The Bertz CT molecular complexity index is 349. The lowest BCUT2D eigenvalue weighted by Crippen LogP contribution is -2.31. The third-order valence-electron chi connectivity index (χ3n) is 2.42. The first kappa shape index (κ1) is 13.4. The van der Waals surface area contributed by atoms with Crippen molar-refractivity contribution in [2.75, 3.05) is 12.0 Å². The molecule has 1 aromatic heterocycles. The smallest absolute Gasteiger partial charge is 0.0951 e. The maximum atomic E-state index is 11.0. The standard InChI is InChI=1S/C11H21N3OS/c1-9(2)14-8-12-5-11(14)6-13-10(3)7-16(4)15/h5,8-10,13H,6-7H2,1-4H3. The molecule has 0 bridgehead atoms. The average molecular weight is 243 g/mol. The van der Waals surface area contributed by atoms with Crippen molar-refractivity contribution in [3.05, 3.63) is 18.2 Å². The highest BCUT2D eigenvalue weighted by Gasteiger charge is 2.08. The fourth-order valence-electron chi connectivity index (χ4n) is 1.62. The highest BCUT2D eigenvalue weighted by atomic mass is 32.2. The molecule has 2 unspecified atom stereocenters. The van der Waals surface area contributed by atoms with E-state index in [0.29, 0.717) is 11.8 Å². The van der Waals surface area contributed by atoms with Crippen molar-refractivity contribution >= 4 is 10.8 Å². The molecule has 2 atom stereocenters.